The van der Waals surface area contributed by atoms with Gasteiger partial charge in [-0.05, 0) is 57.2 Å². The number of carbonyl (C=O) groups excluding carboxylic acids is 2. The van der Waals surface area contributed by atoms with Gasteiger partial charge in [0.25, 0.3) is 0 Å². The van der Waals surface area contributed by atoms with Crippen LogP contribution in [0.15, 0.2) is 42.5 Å². The molecule has 252 valence electrons. The number of nitrogens with two attached hydrogens (primary N) is 1. The van der Waals surface area contributed by atoms with Crippen LogP contribution >= 0.6 is 0 Å². The molecule has 0 atom stereocenters. The van der Waals surface area contributed by atoms with Crippen LogP contribution in [-0.2, 0) is 39.8 Å². The van der Waals surface area contributed by atoms with Crippen LogP contribution in [0.3, 0.4) is 0 Å². The van der Waals surface area contributed by atoms with Crippen LogP contribution in [0.5, 0.6) is 11.5 Å². The third-order valence-electron chi connectivity index (χ3n) is 6.19. The highest BCUT2D eigenvalue weighted by atomic mass is 16.6. The second-order valence-electron chi connectivity index (χ2n) is 10.3. The maximum atomic E-state index is 11.8. The highest BCUT2D eigenvalue weighted by Gasteiger charge is 2.14. The van der Waals surface area contributed by atoms with Gasteiger partial charge >= 0.3 is 5.97 Å². The zero-order valence-electron chi connectivity index (χ0n) is 27.0. The Morgan fingerprint density at radius 3 is 1.87 bits per heavy atom. The molecule has 0 saturated carbocycles. The van der Waals surface area contributed by atoms with Crippen molar-refractivity contribution in [3.05, 3.63) is 59.2 Å². The van der Waals surface area contributed by atoms with E-state index in [1.54, 1.807) is 12.1 Å². The number of amides is 1. The number of aryl methyl sites for hydroxylation is 1. The van der Waals surface area contributed by atoms with Crippen molar-refractivity contribution in [3.63, 3.8) is 0 Å². The maximum absolute atomic E-state index is 11.8. The molecular weight excluding hydrogens is 584 g/mol. The van der Waals surface area contributed by atoms with E-state index < -0.39 is 5.91 Å². The van der Waals surface area contributed by atoms with E-state index in [-0.39, 0.29) is 25.8 Å². The molecule has 2 rings (SSSR count). The highest BCUT2D eigenvalue weighted by Crippen LogP contribution is 2.32. The quantitative estimate of drug-likeness (QED) is 0.115. The second kappa shape index (κ2) is 24.0. The van der Waals surface area contributed by atoms with Gasteiger partial charge in [0.15, 0.2) is 11.5 Å². The lowest BCUT2D eigenvalue weighted by molar-refractivity contribution is -0.145. The van der Waals surface area contributed by atoms with Crippen molar-refractivity contribution in [3.8, 4) is 11.5 Å². The Kier molecular flexibility index (Phi) is 20.3. The van der Waals surface area contributed by atoms with E-state index in [2.05, 4.69) is 0 Å². The Bertz CT molecular complexity index is 1080. The zero-order chi connectivity index (χ0) is 32.5. The van der Waals surface area contributed by atoms with E-state index in [1.807, 2.05) is 56.3 Å². The Morgan fingerprint density at radius 2 is 1.27 bits per heavy atom. The number of benzene rings is 2. The molecule has 0 saturated heterocycles. The average Bonchev–Trinajstić information content (AvgIpc) is 3.01. The van der Waals surface area contributed by atoms with Crippen LogP contribution < -0.4 is 15.2 Å². The summed E-state index contributed by atoms with van der Waals surface area (Å²) in [6, 6.07) is 13.2. The molecule has 0 aliphatic carbocycles. The lowest BCUT2D eigenvalue weighted by Crippen LogP contribution is -2.17. The predicted octanol–water partition coefficient (Wildman–Crippen LogP) is 3.02. The number of rotatable bonds is 27. The summed E-state index contributed by atoms with van der Waals surface area (Å²) < 4.78 is 44.7. The van der Waals surface area contributed by atoms with Crippen LogP contribution in [0.2, 0.25) is 0 Å². The van der Waals surface area contributed by atoms with Crippen molar-refractivity contribution < 1.29 is 47.5 Å². The van der Waals surface area contributed by atoms with Gasteiger partial charge < -0.3 is 48.5 Å². The largest absolute Gasteiger partial charge is 0.487 e. The van der Waals surface area contributed by atoms with E-state index in [9.17, 15) is 9.59 Å². The van der Waals surface area contributed by atoms with Crippen LogP contribution in [0, 0.1) is 6.92 Å². The van der Waals surface area contributed by atoms with Crippen molar-refractivity contribution in [2.24, 2.45) is 5.73 Å². The predicted molar refractivity (Wildman–Crippen MR) is 169 cm³/mol. The van der Waals surface area contributed by atoms with E-state index in [0.717, 1.165) is 18.5 Å². The fourth-order valence-corrected chi connectivity index (χ4v) is 3.94. The molecule has 12 heteroatoms. The summed E-state index contributed by atoms with van der Waals surface area (Å²) in [6.45, 7) is 7.48. The number of hydrogen-bond donors (Lipinski definition) is 1. The van der Waals surface area contributed by atoms with Gasteiger partial charge in [0.05, 0.1) is 66.1 Å². The summed E-state index contributed by atoms with van der Waals surface area (Å²) in [7, 11) is 3.93. The molecule has 45 heavy (non-hydrogen) atoms. The molecule has 2 aromatic rings. The summed E-state index contributed by atoms with van der Waals surface area (Å²) >= 11 is 0. The molecule has 0 aromatic heterocycles. The molecule has 0 spiro atoms. The first kappa shape index (κ1) is 37.9. The molecule has 2 N–H and O–H groups in total. The van der Waals surface area contributed by atoms with Gasteiger partial charge in [-0.25, -0.2) is 0 Å². The zero-order valence-corrected chi connectivity index (χ0v) is 27.0. The van der Waals surface area contributed by atoms with E-state index in [4.69, 9.17) is 43.6 Å². The molecule has 0 aliphatic heterocycles. The Labute approximate surface area is 266 Å². The molecule has 0 heterocycles. The van der Waals surface area contributed by atoms with Gasteiger partial charge in [0.1, 0.15) is 19.8 Å². The summed E-state index contributed by atoms with van der Waals surface area (Å²) in [4.78, 5) is 25.4. The smallest absolute Gasteiger partial charge is 0.305 e. The van der Waals surface area contributed by atoms with Gasteiger partial charge in [0, 0.05) is 12.0 Å². The monoisotopic (exact) mass is 634 g/mol. The van der Waals surface area contributed by atoms with Gasteiger partial charge in [0.2, 0.25) is 5.91 Å². The second-order valence-corrected chi connectivity index (χ2v) is 10.3. The number of carbonyl (C=O) groups is 2. The van der Waals surface area contributed by atoms with Gasteiger partial charge in [-0.15, -0.1) is 0 Å². The van der Waals surface area contributed by atoms with Gasteiger partial charge in [-0.2, -0.15) is 0 Å². The third kappa shape index (κ3) is 18.3. The molecular formula is C33H50N2O10. The molecule has 0 fully saturated rings. The van der Waals surface area contributed by atoms with E-state index in [0.29, 0.717) is 95.1 Å². The first-order chi connectivity index (χ1) is 21.9. The van der Waals surface area contributed by atoms with E-state index >= 15 is 0 Å². The number of esters is 1. The average molecular weight is 635 g/mol. The third-order valence-corrected chi connectivity index (χ3v) is 6.19. The fraction of sp³-hybridized carbons (Fsp3) is 0.576. The van der Waals surface area contributed by atoms with Crippen molar-refractivity contribution in [1.29, 1.82) is 0 Å². The lowest BCUT2D eigenvalue weighted by atomic mass is 10.1. The molecule has 0 radical (unpaired) electrons. The minimum Gasteiger partial charge on any atom is -0.487 e. The minimum atomic E-state index is -0.559. The van der Waals surface area contributed by atoms with Crippen molar-refractivity contribution in [1.82, 2.24) is 4.90 Å². The van der Waals surface area contributed by atoms with Crippen LogP contribution in [0.25, 0.3) is 0 Å². The van der Waals surface area contributed by atoms with Gasteiger partial charge in [-0.1, -0.05) is 30.3 Å². The Morgan fingerprint density at radius 1 is 0.711 bits per heavy atom. The minimum absolute atomic E-state index is 0.214. The summed E-state index contributed by atoms with van der Waals surface area (Å²) in [5.41, 5.74) is 7.65. The summed E-state index contributed by atoms with van der Waals surface area (Å²) in [5, 5.41) is 0. The number of ether oxygens (including phenoxy) is 8. The van der Waals surface area contributed by atoms with E-state index in [1.165, 1.54) is 0 Å². The van der Waals surface area contributed by atoms with Gasteiger partial charge in [-0.3, -0.25) is 9.59 Å². The lowest BCUT2D eigenvalue weighted by Gasteiger charge is -2.16. The first-order valence-corrected chi connectivity index (χ1v) is 15.3. The standard InChI is InChI=1S/C33H50N2O10/c1-27-24-29(33(34)37)25-30(43-21-18-39-14-15-40-19-22-44-31(36)10-7-11-35(2)3)32(27)45-23-20-41-13-12-38-16-17-42-26-28-8-5-4-6-9-28/h4-6,8-9,24-25H,7,10-23,26H2,1-3H3,(H2,34,37). The highest BCUT2D eigenvalue weighted by molar-refractivity contribution is 5.93. The molecule has 2 aromatic carbocycles. The molecule has 1 amide bonds. The number of primary amides is 1. The molecule has 12 nitrogen and oxygen atoms in total. The summed E-state index contributed by atoms with van der Waals surface area (Å²) in [6.07, 6.45) is 1.16. The van der Waals surface area contributed by atoms with Crippen molar-refractivity contribution in [2.45, 2.75) is 26.4 Å². The Hall–Kier alpha value is -3.26. The number of nitrogens with zero attached hydrogens (tertiary/aromatic N) is 1. The molecule has 0 unspecified atom stereocenters. The molecule has 0 bridgehead atoms. The Balaban J connectivity index is 1.56. The van der Waals surface area contributed by atoms with Crippen LogP contribution in [-0.4, -0.2) is 117 Å². The SMILES string of the molecule is Cc1cc(C(N)=O)cc(OCCOCCOCCOC(=O)CCCN(C)C)c1OCCOCCOCCOCc1ccccc1. The van der Waals surface area contributed by atoms with Crippen LogP contribution in [0.4, 0.5) is 0 Å². The number of hydrogen-bond acceptors (Lipinski definition) is 11. The normalized spacial score (nSPS) is 11.1. The summed E-state index contributed by atoms with van der Waals surface area (Å²) in [5.74, 6) is 0.128. The van der Waals surface area contributed by atoms with Crippen molar-refractivity contribution in [2.75, 3.05) is 99.9 Å². The maximum Gasteiger partial charge on any atom is 0.305 e. The fourth-order valence-electron chi connectivity index (χ4n) is 3.94. The van der Waals surface area contributed by atoms with Crippen molar-refractivity contribution >= 4 is 11.9 Å². The molecule has 0 aliphatic rings. The first-order valence-electron chi connectivity index (χ1n) is 15.3. The van der Waals surface area contributed by atoms with Crippen LogP contribution in [0.1, 0.15) is 34.3 Å². The topological polar surface area (TPSA) is 137 Å².